The molecular weight excluding hydrogens is 368 g/mol. The van der Waals surface area contributed by atoms with Crippen molar-refractivity contribution in [3.05, 3.63) is 59.2 Å². The summed E-state index contributed by atoms with van der Waals surface area (Å²) in [6, 6.07) is 11.7. The Morgan fingerprint density at radius 1 is 1.10 bits per heavy atom. The topological polar surface area (TPSA) is 83.8 Å². The van der Waals surface area contributed by atoms with Crippen LogP contribution in [0.2, 0.25) is 0 Å². The van der Waals surface area contributed by atoms with Gasteiger partial charge in [-0.2, -0.15) is 0 Å². The molecule has 0 aliphatic heterocycles. The Morgan fingerprint density at radius 2 is 1.79 bits per heavy atom. The van der Waals surface area contributed by atoms with E-state index >= 15 is 0 Å². The lowest BCUT2D eigenvalue weighted by Gasteiger charge is -2.37. The van der Waals surface area contributed by atoms with E-state index in [0.29, 0.717) is 23.5 Å². The van der Waals surface area contributed by atoms with Gasteiger partial charge in [-0.25, -0.2) is 0 Å². The maximum atomic E-state index is 12.3. The standard InChI is InChI=1S/C24H28O5/c1-15(24(28)29-2)23(18-4-3-5-18)19-7-6-17(22(27)14-19)10-13-21(26)16-8-11-20(25)12-9-16/h6-9,11-12,14-15,18,23,25,27H,3-5,10,13H2,1-2H3/t15-,23-/m0/s1. The predicted molar refractivity (Wildman–Crippen MR) is 110 cm³/mol. The highest BCUT2D eigenvalue weighted by molar-refractivity contribution is 5.96. The molecule has 0 heterocycles. The number of hydrogen-bond donors (Lipinski definition) is 2. The number of methoxy groups -OCH3 is 1. The van der Waals surface area contributed by atoms with E-state index in [2.05, 4.69) is 0 Å². The SMILES string of the molecule is COC(=O)[C@@H](C)[C@H](c1ccc(CCC(=O)c2ccc(O)cc2)c(O)c1)C1CCC1. The van der Waals surface area contributed by atoms with Crippen LogP contribution in [0, 0.1) is 11.8 Å². The monoisotopic (exact) mass is 396 g/mol. The van der Waals surface area contributed by atoms with Crippen LogP contribution in [0.5, 0.6) is 11.5 Å². The number of phenols is 2. The Morgan fingerprint density at radius 3 is 2.34 bits per heavy atom. The zero-order valence-corrected chi connectivity index (χ0v) is 16.9. The minimum atomic E-state index is -0.272. The summed E-state index contributed by atoms with van der Waals surface area (Å²) in [5.74, 6) is 0.177. The van der Waals surface area contributed by atoms with E-state index in [1.54, 1.807) is 18.2 Å². The quantitative estimate of drug-likeness (QED) is 0.503. The van der Waals surface area contributed by atoms with Crippen LogP contribution in [0.1, 0.15) is 60.0 Å². The molecule has 3 rings (SSSR count). The molecule has 5 nitrogen and oxygen atoms in total. The summed E-state index contributed by atoms with van der Waals surface area (Å²) in [5.41, 5.74) is 2.19. The van der Waals surface area contributed by atoms with Crippen LogP contribution in [0.15, 0.2) is 42.5 Å². The fourth-order valence-corrected chi connectivity index (χ4v) is 4.14. The van der Waals surface area contributed by atoms with Crippen molar-refractivity contribution in [2.45, 2.75) is 44.9 Å². The summed E-state index contributed by atoms with van der Waals surface area (Å²) in [4.78, 5) is 24.5. The van der Waals surface area contributed by atoms with Gasteiger partial charge in [-0.15, -0.1) is 0 Å². The molecule has 1 aliphatic rings. The van der Waals surface area contributed by atoms with Gasteiger partial charge in [0.05, 0.1) is 13.0 Å². The molecule has 5 heteroatoms. The summed E-state index contributed by atoms with van der Waals surface area (Å²) in [7, 11) is 1.41. The van der Waals surface area contributed by atoms with Crippen molar-refractivity contribution in [2.24, 2.45) is 11.8 Å². The van der Waals surface area contributed by atoms with Crippen molar-refractivity contribution >= 4 is 11.8 Å². The molecule has 0 aromatic heterocycles. The third-order valence-electron chi connectivity index (χ3n) is 6.07. The van der Waals surface area contributed by atoms with Gasteiger partial charge >= 0.3 is 5.97 Å². The average molecular weight is 396 g/mol. The highest BCUT2D eigenvalue weighted by atomic mass is 16.5. The van der Waals surface area contributed by atoms with Gasteiger partial charge in [-0.1, -0.05) is 25.5 Å². The molecule has 1 aliphatic carbocycles. The second-order valence-electron chi connectivity index (χ2n) is 7.89. The number of benzene rings is 2. The first-order chi connectivity index (χ1) is 13.9. The summed E-state index contributed by atoms with van der Waals surface area (Å²) < 4.78 is 4.95. The van der Waals surface area contributed by atoms with Crippen molar-refractivity contribution < 1.29 is 24.5 Å². The van der Waals surface area contributed by atoms with Crippen molar-refractivity contribution in [2.75, 3.05) is 7.11 Å². The second-order valence-corrected chi connectivity index (χ2v) is 7.89. The minimum absolute atomic E-state index is 0.0229. The molecule has 2 aromatic rings. The summed E-state index contributed by atoms with van der Waals surface area (Å²) in [6.07, 6.45) is 4.01. The van der Waals surface area contributed by atoms with E-state index in [1.807, 2.05) is 19.1 Å². The normalized spacial score (nSPS) is 15.9. The highest BCUT2D eigenvalue weighted by Crippen LogP contribution is 2.44. The number of esters is 1. The van der Waals surface area contributed by atoms with Crippen LogP contribution in [0.3, 0.4) is 0 Å². The average Bonchev–Trinajstić information content (AvgIpc) is 2.68. The maximum Gasteiger partial charge on any atom is 0.309 e. The Kier molecular flexibility index (Phi) is 6.57. The maximum absolute atomic E-state index is 12.3. The fourth-order valence-electron chi connectivity index (χ4n) is 4.14. The number of carbonyl (C=O) groups excluding carboxylic acids is 2. The number of rotatable bonds is 8. The van der Waals surface area contributed by atoms with E-state index in [1.165, 1.54) is 25.7 Å². The Bertz CT molecular complexity index is 867. The lowest BCUT2D eigenvalue weighted by molar-refractivity contribution is -0.146. The van der Waals surface area contributed by atoms with Gasteiger partial charge in [-0.3, -0.25) is 9.59 Å². The first-order valence-electron chi connectivity index (χ1n) is 10.1. The molecule has 0 bridgehead atoms. The summed E-state index contributed by atoms with van der Waals surface area (Å²) >= 11 is 0. The van der Waals surface area contributed by atoms with E-state index in [9.17, 15) is 19.8 Å². The summed E-state index contributed by atoms with van der Waals surface area (Å²) in [5, 5.41) is 19.9. The molecule has 0 amide bonds. The number of phenolic OH excluding ortho intramolecular Hbond substituents is 2. The number of ether oxygens (including phenoxy) is 1. The predicted octanol–water partition coefficient (Wildman–Crippen LogP) is 4.61. The third kappa shape index (κ3) is 4.78. The van der Waals surface area contributed by atoms with Crippen LogP contribution in [-0.4, -0.2) is 29.1 Å². The van der Waals surface area contributed by atoms with Crippen molar-refractivity contribution in [1.82, 2.24) is 0 Å². The molecule has 29 heavy (non-hydrogen) atoms. The first-order valence-corrected chi connectivity index (χ1v) is 10.1. The van der Waals surface area contributed by atoms with Gasteiger partial charge in [0.2, 0.25) is 0 Å². The zero-order chi connectivity index (χ0) is 21.0. The molecule has 154 valence electrons. The fraction of sp³-hybridized carbons (Fsp3) is 0.417. The summed E-state index contributed by atoms with van der Waals surface area (Å²) in [6.45, 7) is 1.89. The molecule has 2 aromatic carbocycles. The van der Waals surface area contributed by atoms with Crippen LogP contribution >= 0.6 is 0 Å². The van der Waals surface area contributed by atoms with Gasteiger partial charge in [-0.05, 0) is 72.6 Å². The van der Waals surface area contributed by atoms with E-state index < -0.39 is 0 Å². The first kappa shape index (κ1) is 20.9. The lowest BCUT2D eigenvalue weighted by atomic mass is 9.68. The van der Waals surface area contributed by atoms with Crippen LogP contribution < -0.4 is 0 Å². The number of carbonyl (C=O) groups is 2. The second kappa shape index (κ2) is 9.12. The molecule has 0 spiro atoms. The van der Waals surface area contributed by atoms with Crippen molar-refractivity contribution in [3.63, 3.8) is 0 Å². The Labute approximate surface area is 171 Å². The number of hydrogen-bond acceptors (Lipinski definition) is 5. The van der Waals surface area contributed by atoms with Crippen molar-refractivity contribution in [1.29, 1.82) is 0 Å². The number of aryl methyl sites for hydroxylation is 1. The van der Waals surface area contributed by atoms with Gasteiger partial charge < -0.3 is 14.9 Å². The van der Waals surface area contributed by atoms with E-state index in [0.717, 1.165) is 18.4 Å². The smallest absolute Gasteiger partial charge is 0.309 e. The molecule has 2 N–H and O–H groups in total. The van der Waals surface area contributed by atoms with Crippen molar-refractivity contribution in [3.8, 4) is 11.5 Å². The van der Waals surface area contributed by atoms with Gasteiger partial charge in [0.1, 0.15) is 11.5 Å². The van der Waals surface area contributed by atoms with Crippen LogP contribution in [-0.2, 0) is 16.0 Å². The van der Waals surface area contributed by atoms with Crippen LogP contribution in [0.25, 0.3) is 0 Å². The number of aromatic hydroxyl groups is 2. The molecule has 1 saturated carbocycles. The van der Waals surface area contributed by atoms with Gasteiger partial charge in [0, 0.05) is 12.0 Å². The highest BCUT2D eigenvalue weighted by Gasteiger charge is 2.36. The lowest BCUT2D eigenvalue weighted by Crippen LogP contribution is -2.30. The molecular formula is C24H28O5. The number of ketones is 1. The minimum Gasteiger partial charge on any atom is -0.508 e. The zero-order valence-electron chi connectivity index (χ0n) is 16.9. The Hall–Kier alpha value is -2.82. The largest absolute Gasteiger partial charge is 0.508 e. The third-order valence-corrected chi connectivity index (χ3v) is 6.07. The van der Waals surface area contributed by atoms with Gasteiger partial charge in [0.15, 0.2) is 5.78 Å². The molecule has 0 saturated heterocycles. The van der Waals surface area contributed by atoms with Crippen LogP contribution in [0.4, 0.5) is 0 Å². The molecule has 2 atom stereocenters. The number of Topliss-reactive ketones (excluding diaryl/α,β-unsaturated/α-hetero) is 1. The molecule has 0 radical (unpaired) electrons. The molecule has 1 fully saturated rings. The van der Waals surface area contributed by atoms with E-state index in [4.69, 9.17) is 4.74 Å². The van der Waals surface area contributed by atoms with Gasteiger partial charge in [0.25, 0.3) is 0 Å². The van der Waals surface area contributed by atoms with E-state index in [-0.39, 0.29) is 41.5 Å². The Balaban J connectivity index is 1.72. The molecule has 0 unspecified atom stereocenters.